The Morgan fingerprint density at radius 3 is 3.00 bits per heavy atom. The minimum Gasteiger partial charge on any atom is -0.467 e. The lowest BCUT2D eigenvalue weighted by molar-refractivity contribution is -0.159. The molecule has 2 aliphatic carbocycles. The fourth-order valence-corrected chi connectivity index (χ4v) is 7.31. The van der Waals surface area contributed by atoms with Crippen LogP contribution in [-0.2, 0) is 19.7 Å². The molecule has 1 N–H and O–H groups in total. The van der Waals surface area contributed by atoms with Crippen molar-refractivity contribution >= 4 is 17.4 Å². The molecule has 0 radical (unpaired) electrons. The fourth-order valence-electron chi connectivity index (χ4n) is 7.31. The molecule has 0 aromatic heterocycles. The molecule has 3 fully saturated rings. The van der Waals surface area contributed by atoms with Gasteiger partial charge in [0.15, 0.2) is 0 Å². The van der Waals surface area contributed by atoms with Crippen molar-refractivity contribution in [1.29, 1.82) is 0 Å². The number of esters is 1. The number of benzene rings is 1. The Bertz CT molecular complexity index is 895. The monoisotopic (exact) mass is 350 g/mol. The van der Waals surface area contributed by atoms with E-state index < -0.39 is 11.0 Å². The molecule has 134 valence electrons. The van der Waals surface area contributed by atoms with E-state index in [0.29, 0.717) is 18.6 Å². The van der Waals surface area contributed by atoms with E-state index in [9.17, 15) is 9.59 Å². The minimum absolute atomic E-state index is 0.154. The first-order valence-corrected chi connectivity index (χ1v) is 9.50. The lowest BCUT2D eigenvalue weighted by atomic mass is 9.42. The zero-order chi connectivity index (χ0) is 17.7. The van der Waals surface area contributed by atoms with Crippen LogP contribution in [0.3, 0.4) is 0 Å². The third kappa shape index (κ3) is 1.29. The van der Waals surface area contributed by atoms with Gasteiger partial charge < -0.3 is 10.1 Å². The second-order valence-electron chi connectivity index (χ2n) is 8.62. The summed E-state index contributed by atoms with van der Waals surface area (Å²) >= 11 is 0. The van der Waals surface area contributed by atoms with Crippen molar-refractivity contribution in [2.24, 2.45) is 11.3 Å². The standard InChI is InChI=1S/C21H22N2O3/c1-26-18(25)20-9-8-19-7-4-10-23-12-14(16(24)11-19)21(20,17(19)23)13-5-2-3-6-15(13)22-20/h2-7,14,17,22H,8-12H2,1H3/t14-,17?,19-,20-,21+/m1/s1. The maximum atomic E-state index is 13.4. The molecule has 0 amide bonds. The molecule has 2 saturated carbocycles. The van der Waals surface area contributed by atoms with Gasteiger partial charge in [-0.05, 0) is 24.5 Å². The first kappa shape index (κ1) is 15.0. The Kier molecular flexibility index (Phi) is 2.53. The molecule has 1 unspecified atom stereocenters. The molecule has 5 atom stereocenters. The van der Waals surface area contributed by atoms with E-state index in [2.05, 4.69) is 28.4 Å². The summed E-state index contributed by atoms with van der Waals surface area (Å²) in [4.78, 5) is 29.1. The van der Waals surface area contributed by atoms with E-state index >= 15 is 0 Å². The van der Waals surface area contributed by atoms with E-state index in [1.165, 1.54) is 7.11 Å². The van der Waals surface area contributed by atoms with E-state index in [-0.39, 0.29) is 23.3 Å². The number of fused-ring (bicyclic) bond motifs is 1. The van der Waals surface area contributed by atoms with Gasteiger partial charge in [0.2, 0.25) is 0 Å². The van der Waals surface area contributed by atoms with Crippen molar-refractivity contribution < 1.29 is 14.3 Å². The number of methoxy groups -OCH3 is 1. The maximum Gasteiger partial charge on any atom is 0.332 e. The van der Waals surface area contributed by atoms with E-state index in [1.54, 1.807) is 0 Å². The molecule has 3 aliphatic heterocycles. The summed E-state index contributed by atoms with van der Waals surface area (Å²) in [5, 5.41) is 3.58. The maximum absolute atomic E-state index is 13.4. The number of ether oxygens (including phenoxy) is 1. The molecule has 3 heterocycles. The predicted molar refractivity (Wildman–Crippen MR) is 95.8 cm³/mol. The molecule has 4 bridgehead atoms. The predicted octanol–water partition coefficient (Wildman–Crippen LogP) is 1.88. The van der Waals surface area contributed by atoms with Crippen molar-refractivity contribution in [3.05, 3.63) is 42.0 Å². The van der Waals surface area contributed by atoms with Crippen molar-refractivity contribution in [2.45, 2.75) is 36.3 Å². The summed E-state index contributed by atoms with van der Waals surface area (Å²) in [5.41, 5.74) is 0.592. The normalized spacial score (nSPS) is 44.3. The molecular formula is C21H22N2O3. The highest BCUT2D eigenvalue weighted by atomic mass is 16.5. The lowest BCUT2D eigenvalue weighted by Crippen LogP contribution is -2.75. The Labute approximate surface area is 152 Å². The van der Waals surface area contributed by atoms with Crippen LogP contribution in [0, 0.1) is 11.3 Å². The molecule has 6 rings (SSSR count). The summed E-state index contributed by atoms with van der Waals surface area (Å²) in [5.74, 6) is -0.0729. The number of anilines is 1. The Morgan fingerprint density at radius 2 is 2.15 bits per heavy atom. The van der Waals surface area contributed by atoms with Crippen LogP contribution in [0.15, 0.2) is 36.4 Å². The lowest BCUT2D eigenvalue weighted by Gasteiger charge is -2.62. The second-order valence-corrected chi connectivity index (χ2v) is 8.62. The topological polar surface area (TPSA) is 58.6 Å². The number of Topliss-reactive ketones (excluding diaryl/α,β-unsaturated/α-hetero) is 1. The molecular weight excluding hydrogens is 328 g/mol. The van der Waals surface area contributed by atoms with Crippen LogP contribution in [0.1, 0.15) is 24.8 Å². The second kappa shape index (κ2) is 4.39. The van der Waals surface area contributed by atoms with Gasteiger partial charge in [-0.15, -0.1) is 0 Å². The molecule has 26 heavy (non-hydrogen) atoms. The molecule has 1 aromatic carbocycles. The Balaban J connectivity index is 1.73. The Morgan fingerprint density at radius 1 is 1.31 bits per heavy atom. The number of carbonyl (C=O) groups is 2. The van der Waals surface area contributed by atoms with E-state index in [4.69, 9.17) is 4.74 Å². The van der Waals surface area contributed by atoms with Crippen molar-refractivity contribution in [3.63, 3.8) is 0 Å². The summed E-state index contributed by atoms with van der Waals surface area (Å²) in [6.45, 7) is 1.60. The van der Waals surface area contributed by atoms with Crippen LogP contribution in [0.25, 0.3) is 0 Å². The van der Waals surface area contributed by atoms with Crippen LogP contribution in [0.2, 0.25) is 0 Å². The molecule has 5 nitrogen and oxygen atoms in total. The third-order valence-electron chi connectivity index (χ3n) is 7.92. The van der Waals surface area contributed by atoms with Crippen molar-refractivity contribution in [2.75, 3.05) is 25.5 Å². The van der Waals surface area contributed by atoms with Gasteiger partial charge in [-0.2, -0.15) is 0 Å². The third-order valence-corrected chi connectivity index (χ3v) is 7.92. The van der Waals surface area contributed by atoms with Crippen molar-refractivity contribution in [3.8, 4) is 0 Å². The number of rotatable bonds is 1. The summed E-state index contributed by atoms with van der Waals surface area (Å²) in [6, 6.07) is 8.36. The number of para-hydroxylation sites is 1. The van der Waals surface area contributed by atoms with Gasteiger partial charge in [0.05, 0.1) is 12.5 Å². The van der Waals surface area contributed by atoms with Crippen LogP contribution in [0.4, 0.5) is 5.69 Å². The van der Waals surface area contributed by atoms with Gasteiger partial charge in [-0.1, -0.05) is 30.4 Å². The van der Waals surface area contributed by atoms with Crippen LogP contribution in [0.5, 0.6) is 0 Å². The highest BCUT2D eigenvalue weighted by Gasteiger charge is 2.81. The zero-order valence-electron chi connectivity index (χ0n) is 14.8. The molecule has 1 spiro atoms. The van der Waals surface area contributed by atoms with Gasteiger partial charge in [0.25, 0.3) is 0 Å². The number of nitrogens with one attached hydrogen (secondary N) is 1. The number of nitrogens with zero attached hydrogens (tertiary/aromatic N) is 1. The van der Waals surface area contributed by atoms with Crippen LogP contribution >= 0.6 is 0 Å². The molecule has 1 aromatic rings. The van der Waals surface area contributed by atoms with Gasteiger partial charge in [-0.25, -0.2) is 4.79 Å². The van der Waals surface area contributed by atoms with Crippen LogP contribution < -0.4 is 5.32 Å². The highest BCUT2D eigenvalue weighted by Crippen LogP contribution is 2.71. The molecule has 5 aliphatic rings. The van der Waals surface area contributed by atoms with Crippen LogP contribution in [-0.4, -0.2) is 48.4 Å². The minimum atomic E-state index is -0.847. The summed E-state index contributed by atoms with van der Waals surface area (Å²) < 4.78 is 5.34. The Hall–Kier alpha value is -2.14. The number of hydrogen-bond donors (Lipinski definition) is 1. The quantitative estimate of drug-likeness (QED) is 0.619. The first-order chi connectivity index (χ1) is 12.6. The average molecular weight is 350 g/mol. The fraction of sp³-hybridized carbons (Fsp3) is 0.524. The van der Waals surface area contributed by atoms with E-state index in [1.807, 2.05) is 18.2 Å². The molecule has 1 saturated heterocycles. The SMILES string of the molecule is COC(=O)[C@]12CC[C@]34C=CCN5C[C@H](C(=O)C3)[C@@]1(c1ccccc1N2)C54. The zero-order valence-corrected chi connectivity index (χ0v) is 14.8. The van der Waals surface area contributed by atoms with E-state index in [0.717, 1.165) is 30.8 Å². The van der Waals surface area contributed by atoms with Gasteiger partial charge in [-0.3, -0.25) is 9.69 Å². The van der Waals surface area contributed by atoms with Crippen molar-refractivity contribution in [1.82, 2.24) is 4.90 Å². The first-order valence-electron chi connectivity index (χ1n) is 9.50. The van der Waals surface area contributed by atoms with Gasteiger partial charge in [0.1, 0.15) is 11.3 Å². The number of hydrogen-bond acceptors (Lipinski definition) is 5. The smallest absolute Gasteiger partial charge is 0.332 e. The van der Waals surface area contributed by atoms with Gasteiger partial charge >= 0.3 is 5.97 Å². The highest BCUT2D eigenvalue weighted by molar-refractivity contribution is 5.98. The van der Waals surface area contributed by atoms with Gasteiger partial charge in [0, 0.05) is 42.6 Å². The largest absolute Gasteiger partial charge is 0.467 e. The molecule has 5 heteroatoms. The average Bonchev–Trinajstić information content (AvgIpc) is 3.14. The number of carbonyl (C=O) groups excluding carboxylic acids is 2. The summed E-state index contributed by atoms with van der Waals surface area (Å²) in [6.07, 6.45) is 6.66. The summed E-state index contributed by atoms with van der Waals surface area (Å²) in [7, 11) is 1.47. The number of ketones is 1.